The molecular formula is C20H35ClO2. The monoisotopic (exact) mass is 342 g/mol. The van der Waals surface area contributed by atoms with E-state index in [1.54, 1.807) is 0 Å². The Morgan fingerprint density at radius 3 is 2.26 bits per heavy atom. The zero-order valence-corrected chi connectivity index (χ0v) is 16.6. The molecule has 0 heterocycles. The fourth-order valence-electron chi connectivity index (χ4n) is 1.73. The Morgan fingerprint density at radius 2 is 1.74 bits per heavy atom. The lowest BCUT2D eigenvalue weighted by atomic mass is 10.1. The fourth-order valence-corrected chi connectivity index (χ4v) is 2.00. The van der Waals surface area contributed by atoms with Crippen molar-refractivity contribution in [3.05, 3.63) is 28.8 Å². The number of aryl methyl sites for hydroxylation is 1. The smallest absolute Gasteiger partial charge is 0.138 e. The van der Waals surface area contributed by atoms with Gasteiger partial charge in [0.05, 0.1) is 11.6 Å². The molecule has 0 fully saturated rings. The molecule has 0 amide bonds. The summed E-state index contributed by atoms with van der Waals surface area (Å²) in [6.45, 7) is 12.9. The van der Waals surface area contributed by atoms with Crippen LogP contribution >= 0.6 is 11.6 Å². The maximum Gasteiger partial charge on any atom is 0.138 e. The summed E-state index contributed by atoms with van der Waals surface area (Å²) in [5.41, 5.74) is 1.06. The van der Waals surface area contributed by atoms with Crippen LogP contribution in [0, 0.1) is 0 Å². The number of halogens is 1. The maximum absolute atomic E-state index is 11.2. The van der Waals surface area contributed by atoms with Crippen molar-refractivity contribution in [2.75, 3.05) is 6.61 Å². The van der Waals surface area contributed by atoms with E-state index < -0.39 is 0 Å². The quantitative estimate of drug-likeness (QED) is 0.515. The Morgan fingerprint density at radius 1 is 1.13 bits per heavy atom. The average molecular weight is 343 g/mol. The van der Waals surface area contributed by atoms with Gasteiger partial charge in [-0.25, -0.2) is 0 Å². The Balaban J connectivity index is 0. The van der Waals surface area contributed by atoms with E-state index in [2.05, 4.69) is 20.8 Å². The van der Waals surface area contributed by atoms with Crippen LogP contribution in [0.25, 0.3) is 0 Å². The van der Waals surface area contributed by atoms with Crippen LogP contribution in [0.2, 0.25) is 5.02 Å². The van der Waals surface area contributed by atoms with Crippen LogP contribution in [0.3, 0.4) is 0 Å². The molecule has 0 atom stereocenters. The molecule has 0 saturated carbocycles. The summed E-state index contributed by atoms with van der Waals surface area (Å²) in [5.74, 6) is 1.06. The van der Waals surface area contributed by atoms with Crippen LogP contribution in [0.4, 0.5) is 0 Å². The number of Topliss-reactive ketones (excluding diaryl/α,β-unsaturated/α-hetero) is 1. The molecule has 23 heavy (non-hydrogen) atoms. The third-order valence-electron chi connectivity index (χ3n) is 2.80. The van der Waals surface area contributed by atoms with E-state index in [1.165, 1.54) is 6.42 Å². The first-order valence-electron chi connectivity index (χ1n) is 9.02. The molecule has 0 N–H and O–H groups in total. The Bertz CT molecular complexity index is 403. The van der Waals surface area contributed by atoms with Crippen LogP contribution in [0.1, 0.15) is 79.2 Å². The van der Waals surface area contributed by atoms with Gasteiger partial charge in [-0.05, 0) is 30.9 Å². The van der Waals surface area contributed by atoms with E-state index in [0.29, 0.717) is 30.3 Å². The molecule has 0 radical (unpaired) electrons. The fraction of sp³-hybridized carbons (Fsp3) is 0.650. The largest absolute Gasteiger partial charge is 0.492 e. The molecule has 134 valence electrons. The van der Waals surface area contributed by atoms with Crippen molar-refractivity contribution in [2.45, 2.75) is 80.1 Å². The number of hydrogen-bond donors (Lipinski definition) is 0. The topological polar surface area (TPSA) is 26.3 Å². The average Bonchev–Trinajstić information content (AvgIpc) is 2.57. The number of carbonyl (C=O) groups is 1. The SMILES string of the molecule is CC.CCC.CCCOc1cccc(CCCC(=O)CC)c1Cl. The van der Waals surface area contributed by atoms with Gasteiger partial charge in [-0.1, -0.05) is 71.7 Å². The molecule has 3 heteroatoms. The third-order valence-corrected chi connectivity index (χ3v) is 3.23. The van der Waals surface area contributed by atoms with E-state index in [0.717, 1.165) is 30.6 Å². The number of rotatable bonds is 8. The molecule has 0 aliphatic rings. The highest BCUT2D eigenvalue weighted by atomic mass is 35.5. The van der Waals surface area contributed by atoms with Crippen molar-refractivity contribution < 1.29 is 9.53 Å². The molecule has 1 rings (SSSR count). The summed E-state index contributed by atoms with van der Waals surface area (Å²) in [7, 11) is 0. The zero-order chi connectivity index (χ0) is 18.1. The summed E-state index contributed by atoms with van der Waals surface area (Å²) in [4.78, 5) is 11.2. The zero-order valence-electron chi connectivity index (χ0n) is 15.9. The van der Waals surface area contributed by atoms with Gasteiger partial charge < -0.3 is 4.74 Å². The van der Waals surface area contributed by atoms with Gasteiger partial charge in [-0.3, -0.25) is 4.79 Å². The molecule has 0 aliphatic heterocycles. The van der Waals surface area contributed by atoms with E-state index in [-0.39, 0.29) is 0 Å². The minimum Gasteiger partial charge on any atom is -0.492 e. The van der Waals surface area contributed by atoms with Crippen LogP contribution in [-0.4, -0.2) is 12.4 Å². The van der Waals surface area contributed by atoms with E-state index in [1.807, 2.05) is 39.0 Å². The van der Waals surface area contributed by atoms with Crippen LogP contribution in [0.15, 0.2) is 18.2 Å². The van der Waals surface area contributed by atoms with Gasteiger partial charge in [-0.2, -0.15) is 0 Å². The highest BCUT2D eigenvalue weighted by molar-refractivity contribution is 6.32. The Kier molecular flexibility index (Phi) is 18.3. The molecule has 0 unspecified atom stereocenters. The second kappa shape index (κ2) is 17.3. The number of carbonyl (C=O) groups excluding carboxylic acids is 1. The first-order chi connectivity index (χ1) is 11.1. The summed E-state index contributed by atoms with van der Waals surface area (Å²) in [5, 5.41) is 0.690. The van der Waals surface area contributed by atoms with Crippen molar-refractivity contribution >= 4 is 17.4 Å². The van der Waals surface area contributed by atoms with Crippen LogP contribution in [-0.2, 0) is 11.2 Å². The van der Waals surface area contributed by atoms with Gasteiger partial charge in [0.2, 0.25) is 0 Å². The highest BCUT2D eigenvalue weighted by Crippen LogP contribution is 2.29. The van der Waals surface area contributed by atoms with Crippen LogP contribution in [0.5, 0.6) is 5.75 Å². The third kappa shape index (κ3) is 12.1. The second-order valence-corrected chi connectivity index (χ2v) is 5.41. The second-order valence-electron chi connectivity index (χ2n) is 5.03. The van der Waals surface area contributed by atoms with Crippen molar-refractivity contribution in [2.24, 2.45) is 0 Å². The Hall–Kier alpha value is -1.02. The summed E-state index contributed by atoms with van der Waals surface area (Å²) >= 11 is 6.28. The molecule has 0 spiro atoms. The molecule has 0 bridgehead atoms. The normalized spacial score (nSPS) is 9.17. The minimum atomic E-state index is 0.310. The van der Waals surface area contributed by atoms with Gasteiger partial charge in [-0.15, -0.1) is 0 Å². The number of hydrogen-bond acceptors (Lipinski definition) is 2. The first-order valence-corrected chi connectivity index (χ1v) is 9.40. The van der Waals surface area contributed by atoms with Gasteiger partial charge >= 0.3 is 0 Å². The molecule has 2 nitrogen and oxygen atoms in total. The number of ketones is 1. The molecular weight excluding hydrogens is 308 g/mol. The lowest BCUT2D eigenvalue weighted by molar-refractivity contribution is -0.118. The summed E-state index contributed by atoms with van der Waals surface area (Å²) < 4.78 is 5.58. The maximum atomic E-state index is 11.2. The predicted molar refractivity (Wildman–Crippen MR) is 103 cm³/mol. The predicted octanol–water partition coefficient (Wildman–Crippen LogP) is 6.87. The highest BCUT2D eigenvalue weighted by Gasteiger charge is 2.07. The Labute approximate surface area is 148 Å². The molecule has 0 aromatic heterocycles. The molecule has 0 saturated heterocycles. The van der Waals surface area contributed by atoms with Gasteiger partial charge in [0.1, 0.15) is 11.5 Å². The molecule has 1 aromatic rings. The summed E-state index contributed by atoms with van der Waals surface area (Å²) in [6.07, 6.45) is 5.14. The van der Waals surface area contributed by atoms with E-state index in [9.17, 15) is 4.79 Å². The lowest BCUT2D eigenvalue weighted by Gasteiger charge is -2.10. The van der Waals surface area contributed by atoms with Crippen molar-refractivity contribution in [1.29, 1.82) is 0 Å². The van der Waals surface area contributed by atoms with E-state index >= 15 is 0 Å². The number of ether oxygens (including phenoxy) is 1. The van der Waals surface area contributed by atoms with Gasteiger partial charge in [0, 0.05) is 12.8 Å². The van der Waals surface area contributed by atoms with Crippen molar-refractivity contribution in [1.82, 2.24) is 0 Å². The number of benzene rings is 1. The van der Waals surface area contributed by atoms with Gasteiger partial charge in [0.25, 0.3) is 0 Å². The standard InChI is InChI=1S/C15H21ClO2.C3H8.C2H6/c1-3-11-18-14-10-6-8-12(15(14)16)7-5-9-13(17)4-2;1-3-2;1-2/h6,8,10H,3-5,7,9,11H2,1-2H3;3H2,1-2H3;1-2H3. The van der Waals surface area contributed by atoms with Gasteiger partial charge in [0.15, 0.2) is 0 Å². The van der Waals surface area contributed by atoms with Crippen molar-refractivity contribution in [3.63, 3.8) is 0 Å². The summed E-state index contributed by atoms with van der Waals surface area (Å²) in [6, 6.07) is 5.84. The lowest BCUT2D eigenvalue weighted by Crippen LogP contribution is -1.99. The first kappa shape index (κ1) is 24.2. The van der Waals surface area contributed by atoms with Crippen molar-refractivity contribution in [3.8, 4) is 5.75 Å². The minimum absolute atomic E-state index is 0.310. The molecule has 0 aliphatic carbocycles. The van der Waals surface area contributed by atoms with E-state index in [4.69, 9.17) is 16.3 Å². The van der Waals surface area contributed by atoms with Crippen LogP contribution < -0.4 is 4.74 Å². The molecule has 1 aromatic carbocycles.